The van der Waals surface area contributed by atoms with E-state index in [4.69, 9.17) is 4.74 Å². The van der Waals surface area contributed by atoms with Gasteiger partial charge in [-0.15, -0.1) is 0 Å². The second-order valence-corrected chi connectivity index (χ2v) is 4.69. The molecule has 0 amide bonds. The predicted molar refractivity (Wildman–Crippen MR) is 65.3 cm³/mol. The molecule has 1 aliphatic heterocycles. The van der Waals surface area contributed by atoms with Crippen molar-refractivity contribution in [2.24, 2.45) is 0 Å². The molecule has 2 heterocycles. The summed E-state index contributed by atoms with van der Waals surface area (Å²) in [4.78, 5) is 2.05. The van der Waals surface area contributed by atoms with E-state index in [9.17, 15) is 13.2 Å². The fourth-order valence-corrected chi connectivity index (χ4v) is 2.09. The highest BCUT2D eigenvalue weighted by Crippen LogP contribution is 2.14. The molecule has 0 saturated carbocycles. The molecule has 1 aromatic heterocycles. The minimum absolute atomic E-state index is 0.00580. The van der Waals surface area contributed by atoms with Gasteiger partial charge in [0.05, 0.1) is 25.9 Å². The number of rotatable bonds is 6. The van der Waals surface area contributed by atoms with E-state index in [2.05, 4.69) is 9.84 Å². The van der Waals surface area contributed by atoms with Gasteiger partial charge in [-0.25, -0.2) is 0 Å². The molecule has 20 heavy (non-hydrogen) atoms. The summed E-state index contributed by atoms with van der Waals surface area (Å²) in [6.07, 6.45) is -0.695. The van der Waals surface area contributed by atoms with Gasteiger partial charge in [0.15, 0.2) is 0 Å². The SMILES string of the molecule is FC(F)(F)COCCN1CCO[C@@H](Cn2cccn2)C1. The zero-order chi connectivity index (χ0) is 14.4. The van der Waals surface area contributed by atoms with Gasteiger partial charge >= 0.3 is 6.18 Å². The highest BCUT2D eigenvalue weighted by molar-refractivity contribution is 4.80. The minimum Gasteiger partial charge on any atom is -0.374 e. The van der Waals surface area contributed by atoms with Gasteiger partial charge in [-0.3, -0.25) is 9.58 Å². The summed E-state index contributed by atoms with van der Waals surface area (Å²) in [7, 11) is 0. The number of alkyl halides is 3. The maximum absolute atomic E-state index is 11.9. The number of hydrogen-bond donors (Lipinski definition) is 0. The third kappa shape index (κ3) is 5.48. The second kappa shape index (κ2) is 7.05. The fraction of sp³-hybridized carbons (Fsp3) is 0.750. The Morgan fingerprint density at radius 1 is 1.40 bits per heavy atom. The standard InChI is InChI=1S/C12H18F3N3O2/c13-12(14,15)10-19-6-4-17-5-7-20-11(8-17)9-18-3-1-2-16-18/h1-3,11H,4-10H2/t11-/m1/s1. The number of nitrogens with zero attached hydrogens (tertiary/aromatic N) is 3. The van der Waals surface area contributed by atoms with Gasteiger partial charge in [-0.05, 0) is 6.07 Å². The first kappa shape index (κ1) is 15.3. The van der Waals surface area contributed by atoms with E-state index in [1.165, 1.54) is 0 Å². The summed E-state index contributed by atoms with van der Waals surface area (Å²) in [5, 5.41) is 4.11. The van der Waals surface area contributed by atoms with Gasteiger partial charge in [-0.1, -0.05) is 0 Å². The van der Waals surface area contributed by atoms with Gasteiger partial charge in [0.25, 0.3) is 0 Å². The largest absolute Gasteiger partial charge is 0.411 e. The van der Waals surface area contributed by atoms with Crippen molar-refractivity contribution in [2.75, 3.05) is 39.5 Å². The van der Waals surface area contributed by atoms with E-state index in [1.807, 2.05) is 17.2 Å². The van der Waals surface area contributed by atoms with Gasteiger partial charge in [0.1, 0.15) is 6.61 Å². The average Bonchev–Trinajstić information content (AvgIpc) is 2.87. The molecule has 1 atom stereocenters. The van der Waals surface area contributed by atoms with Gasteiger partial charge in [0, 0.05) is 32.0 Å². The normalized spacial score (nSPS) is 21.2. The van der Waals surface area contributed by atoms with E-state index in [0.717, 1.165) is 0 Å². The highest BCUT2D eigenvalue weighted by atomic mass is 19.4. The molecule has 1 aliphatic rings. The quantitative estimate of drug-likeness (QED) is 0.738. The molecule has 0 radical (unpaired) electrons. The third-order valence-electron chi connectivity index (χ3n) is 2.99. The van der Waals surface area contributed by atoms with Crippen molar-refractivity contribution < 1.29 is 22.6 Å². The Labute approximate surface area is 115 Å². The van der Waals surface area contributed by atoms with E-state index in [-0.39, 0.29) is 12.7 Å². The molecule has 8 heteroatoms. The summed E-state index contributed by atoms with van der Waals surface area (Å²) >= 11 is 0. The molecule has 0 aromatic carbocycles. The Morgan fingerprint density at radius 2 is 2.25 bits per heavy atom. The summed E-state index contributed by atoms with van der Waals surface area (Å²) in [6, 6.07) is 1.84. The topological polar surface area (TPSA) is 39.5 Å². The maximum atomic E-state index is 11.9. The molecule has 0 unspecified atom stereocenters. The molecule has 1 aromatic rings. The van der Waals surface area contributed by atoms with Crippen LogP contribution in [0, 0.1) is 0 Å². The number of hydrogen-bond acceptors (Lipinski definition) is 4. The van der Waals surface area contributed by atoms with Crippen molar-refractivity contribution in [3.8, 4) is 0 Å². The van der Waals surface area contributed by atoms with Crippen LogP contribution in [0.5, 0.6) is 0 Å². The van der Waals surface area contributed by atoms with Crippen LogP contribution < -0.4 is 0 Å². The molecule has 0 aliphatic carbocycles. The average molecular weight is 293 g/mol. The zero-order valence-corrected chi connectivity index (χ0v) is 11.1. The lowest BCUT2D eigenvalue weighted by molar-refractivity contribution is -0.175. The number of halogens is 3. The molecule has 114 valence electrons. The zero-order valence-electron chi connectivity index (χ0n) is 11.1. The second-order valence-electron chi connectivity index (χ2n) is 4.69. The molecule has 0 bridgehead atoms. The van der Waals surface area contributed by atoms with Crippen LogP contribution in [0.3, 0.4) is 0 Å². The van der Waals surface area contributed by atoms with Crippen molar-refractivity contribution in [1.29, 1.82) is 0 Å². The number of morpholine rings is 1. The van der Waals surface area contributed by atoms with Crippen molar-refractivity contribution in [2.45, 2.75) is 18.8 Å². The molecule has 2 rings (SSSR count). The van der Waals surface area contributed by atoms with E-state index in [0.29, 0.717) is 32.8 Å². The molecular formula is C12H18F3N3O2. The highest BCUT2D eigenvalue weighted by Gasteiger charge is 2.27. The maximum Gasteiger partial charge on any atom is 0.411 e. The molecule has 1 saturated heterocycles. The molecule has 5 nitrogen and oxygen atoms in total. The smallest absolute Gasteiger partial charge is 0.374 e. The van der Waals surface area contributed by atoms with Gasteiger partial charge in [0.2, 0.25) is 0 Å². The van der Waals surface area contributed by atoms with Crippen molar-refractivity contribution >= 4 is 0 Å². The Hall–Kier alpha value is -1.12. The number of aromatic nitrogens is 2. The Balaban J connectivity index is 1.65. The van der Waals surface area contributed by atoms with Crippen LogP contribution in [-0.2, 0) is 16.0 Å². The van der Waals surface area contributed by atoms with Crippen LogP contribution >= 0.6 is 0 Å². The lowest BCUT2D eigenvalue weighted by Gasteiger charge is -2.32. The number of ether oxygens (including phenoxy) is 2. The van der Waals surface area contributed by atoms with E-state index < -0.39 is 12.8 Å². The Bertz CT molecular complexity index is 384. The molecular weight excluding hydrogens is 275 g/mol. The minimum atomic E-state index is -4.26. The lowest BCUT2D eigenvalue weighted by Crippen LogP contribution is -2.45. The fourth-order valence-electron chi connectivity index (χ4n) is 2.09. The first-order chi connectivity index (χ1) is 9.53. The van der Waals surface area contributed by atoms with Crippen LogP contribution in [0.25, 0.3) is 0 Å². The van der Waals surface area contributed by atoms with Crippen LogP contribution in [0.15, 0.2) is 18.5 Å². The molecule has 0 spiro atoms. The van der Waals surface area contributed by atoms with E-state index >= 15 is 0 Å². The van der Waals surface area contributed by atoms with Gasteiger partial charge < -0.3 is 9.47 Å². The van der Waals surface area contributed by atoms with Crippen LogP contribution in [0.4, 0.5) is 13.2 Å². The van der Waals surface area contributed by atoms with Crippen molar-refractivity contribution in [1.82, 2.24) is 14.7 Å². The molecule has 1 fully saturated rings. The van der Waals surface area contributed by atoms with Crippen LogP contribution in [-0.4, -0.2) is 66.4 Å². The summed E-state index contributed by atoms with van der Waals surface area (Å²) in [5.41, 5.74) is 0. The summed E-state index contributed by atoms with van der Waals surface area (Å²) < 4.78 is 47.8. The van der Waals surface area contributed by atoms with Crippen LogP contribution in [0.2, 0.25) is 0 Å². The van der Waals surface area contributed by atoms with Crippen molar-refractivity contribution in [3.05, 3.63) is 18.5 Å². The van der Waals surface area contributed by atoms with Crippen LogP contribution in [0.1, 0.15) is 0 Å². The monoisotopic (exact) mass is 293 g/mol. The Morgan fingerprint density at radius 3 is 2.95 bits per heavy atom. The first-order valence-electron chi connectivity index (χ1n) is 6.49. The predicted octanol–water partition coefficient (Wildman–Crippen LogP) is 1.16. The third-order valence-corrected chi connectivity index (χ3v) is 2.99. The van der Waals surface area contributed by atoms with E-state index in [1.54, 1.807) is 10.9 Å². The van der Waals surface area contributed by atoms with Crippen molar-refractivity contribution in [3.63, 3.8) is 0 Å². The Kier molecular flexibility index (Phi) is 5.38. The first-order valence-corrected chi connectivity index (χ1v) is 6.49. The lowest BCUT2D eigenvalue weighted by atomic mass is 10.2. The summed E-state index contributed by atoms with van der Waals surface area (Å²) in [5.74, 6) is 0. The summed E-state index contributed by atoms with van der Waals surface area (Å²) in [6.45, 7) is 1.98. The van der Waals surface area contributed by atoms with Gasteiger partial charge in [-0.2, -0.15) is 18.3 Å². The molecule has 0 N–H and O–H groups in total.